The van der Waals surface area contributed by atoms with Crippen LogP contribution in [0, 0.1) is 6.92 Å². The maximum Gasteiger partial charge on any atom is 0.261 e. The van der Waals surface area contributed by atoms with Gasteiger partial charge in [-0.3, -0.25) is 14.2 Å². The lowest BCUT2D eigenvalue weighted by molar-refractivity contribution is -0.116. The summed E-state index contributed by atoms with van der Waals surface area (Å²) in [5.41, 5.74) is 4.43. The summed E-state index contributed by atoms with van der Waals surface area (Å²) < 4.78 is 1.49. The van der Waals surface area contributed by atoms with Gasteiger partial charge in [0.15, 0.2) is 0 Å². The van der Waals surface area contributed by atoms with Crippen LogP contribution in [0.2, 0.25) is 0 Å². The summed E-state index contributed by atoms with van der Waals surface area (Å²) in [6, 6.07) is 23.5. The van der Waals surface area contributed by atoms with E-state index in [1.165, 1.54) is 16.5 Å². The van der Waals surface area contributed by atoms with Crippen LogP contribution in [-0.4, -0.2) is 15.5 Å². The van der Waals surface area contributed by atoms with E-state index in [9.17, 15) is 9.59 Å². The van der Waals surface area contributed by atoms with E-state index in [2.05, 4.69) is 34.7 Å². The highest BCUT2D eigenvalue weighted by molar-refractivity contribution is 5.90. The minimum absolute atomic E-state index is 0.130. The molecule has 0 aliphatic rings. The Kier molecular flexibility index (Phi) is 6.31. The van der Waals surface area contributed by atoms with Crippen molar-refractivity contribution in [1.29, 1.82) is 0 Å². The van der Waals surface area contributed by atoms with Crippen molar-refractivity contribution >= 4 is 28.2 Å². The van der Waals surface area contributed by atoms with Crippen molar-refractivity contribution in [1.82, 2.24) is 9.55 Å². The summed E-state index contributed by atoms with van der Waals surface area (Å²) in [4.78, 5) is 29.4. The molecule has 0 saturated carbocycles. The molecule has 1 atom stereocenters. The topological polar surface area (TPSA) is 76.0 Å². The Balaban J connectivity index is 1.34. The minimum atomic E-state index is -0.153. The van der Waals surface area contributed by atoms with E-state index in [4.69, 9.17) is 0 Å². The summed E-state index contributed by atoms with van der Waals surface area (Å²) in [7, 11) is 0. The summed E-state index contributed by atoms with van der Waals surface area (Å²) in [6.07, 6.45) is 1.70. The number of anilines is 2. The van der Waals surface area contributed by atoms with Crippen molar-refractivity contribution in [2.24, 2.45) is 0 Å². The van der Waals surface area contributed by atoms with Crippen LogP contribution < -0.4 is 16.2 Å². The Morgan fingerprint density at radius 3 is 2.44 bits per heavy atom. The molecule has 6 heteroatoms. The van der Waals surface area contributed by atoms with E-state index in [0.717, 1.165) is 11.3 Å². The fraction of sp³-hybridized carbons (Fsp3) is 0.192. The molecule has 1 unspecified atom stereocenters. The second kappa shape index (κ2) is 9.47. The van der Waals surface area contributed by atoms with Gasteiger partial charge in [-0.2, -0.15) is 0 Å². The van der Waals surface area contributed by atoms with Crippen molar-refractivity contribution in [2.75, 3.05) is 10.6 Å². The largest absolute Gasteiger partial charge is 0.379 e. The van der Waals surface area contributed by atoms with Gasteiger partial charge in [0.05, 0.1) is 17.2 Å². The first-order chi connectivity index (χ1) is 15.5. The minimum Gasteiger partial charge on any atom is -0.379 e. The van der Waals surface area contributed by atoms with Gasteiger partial charge < -0.3 is 10.6 Å². The fourth-order valence-corrected chi connectivity index (χ4v) is 3.67. The third-order valence-electron chi connectivity index (χ3n) is 5.49. The number of aromatic nitrogens is 2. The van der Waals surface area contributed by atoms with Crippen LogP contribution in [0.4, 0.5) is 11.4 Å². The van der Waals surface area contributed by atoms with Gasteiger partial charge in [-0.1, -0.05) is 42.5 Å². The number of fused-ring (bicyclic) bond motifs is 1. The zero-order valence-electron chi connectivity index (χ0n) is 18.2. The molecule has 162 valence electrons. The molecule has 4 aromatic rings. The van der Waals surface area contributed by atoms with Gasteiger partial charge in [0, 0.05) is 30.4 Å². The van der Waals surface area contributed by atoms with E-state index in [1.54, 1.807) is 6.07 Å². The molecule has 1 aromatic heterocycles. The molecule has 0 radical (unpaired) electrons. The van der Waals surface area contributed by atoms with Crippen molar-refractivity contribution in [3.63, 3.8) is 0 Å². The number of nitrogens with zero attached hydrogens (tertiary/aromatic N) is 2. The summed E-state index contributed by atoms with van der Waals surface area (Å²) in [5.74, 6) is -0.153. The molecule has 4 rings (SSSR count). The number of carbonyl (C=O) groups is 1. The molecular weight excluding hydrogens is 400 g/mol. The molecule has 2 N–H and O–H groups in total. The first-order valence-corrected chi connectivity index (χ1v) is 10.7. The molecule has 1 heterocycles. The average Bonchev–Trinajstić information content (AvgIpc) is 2.81. The zero-order chi connectivity index (χ0) is 22.5. The number of hydrogen-bond acceptors (Lipinski definition) is 4. The molecule has 3 aromatic carbocycles. The molecule has 0 saturated heterocycles. The van der Waals surface area contributed by atoms with Gasteiger partial charge in [-0.25, -0.2) is 4.98 Å². The Bertz CT molecular complexity index is 1280. The molecular formula is C26H26N4O2. The van der Waals surface area contributed by atoms with Crippen molar-refractivity contribution in [3.05, 3.63) is 101 Å². The standard InChI is InChI=1S/C26H26N4O2/c1-18-7-6-10-23-25(18)27-17-30(26(23)32)16-15-24(31)29-22-13-11-21(12-14-22)28-19(2)20-8-4-3-5-9-20/h3-14,17,19,28H,15-16H2,1-2H3,(H,29,31). The van der Waals surface area contributed by atoms with E-state index < -0.39 is 0 Å². The SMILES string of the molecule is Cc1cccc2c(=O)n(CCC(=O)Nc3ccc(NC(C)c4ccccc4)cc3)cnc12. The number of benzene rings is 3. The van der Waals surface area contributed by atoms with Crippen LogP contribution in [0.1, 0.15) is 30.5 Å². The van der Waals surface area contributed by atoms with Crippen molar-refractivity contribution < 1.29 is 4.79 Å². The van der Waals surface area contributed by atoms with Crippen LogP contribution >= 0.6 is 0 Å². The molecule has 6 nitrogen and oxygen atoms in total. The maximum atomic E-state index is 12.7. The third kappa shape index (κ3) is 4.86. The number of amides is 1. The molecule has 32 heavy (non-hydrogen) atoms. The van der Waals surface area contributed by atoms with E-state index in [-0.39, 0.29) is 30.5 Å². The van der Waals surface area contributed by atoms with Crippen LogP contribution in [0.25, 0.3) is 10.9 Å². The lowest BCUT2D eigenvalue weighted by Gasteiger charge is -2.16. The zero-order valence-corrected chi connectivity index (χ0v) is 18.2. The highest BCUT2D eigenvalue weighted by Gasteiger charge is 2.09. The van der Waals surface area contributed by atoms with Crippen LogP contribution in [-0.2, 0) is 11.3 Å². The third-order valence-corrected chi connectivity index (χ3v) is 5.49. The quantitative estimate of drug-likeness (QED) is 0.440. The van der Waals surface area contributed by atoms with E-state index in [0.29, 0.717) is 16.6 Å². The molecule has 1 amide bonds. The number of rotatable bonds is 7. The summed E-state index contributed by atoms with van der Waals surface area (Å²) >= 11 is 0. The number of para-hydroxylation sites is 1. The van der Waals surface area contributed by atoms with Gasteiger partial charge in [0.1, 0.15) is 0 Å². The van der Waals surface area contributed by atoms with Gasteiger partial charge in [-0.15, -0.1) is 0 Å². The Morgan fingerprint density at radius 1 is 0.969 bits per heavy atom. The summed E-state index contributed by atoms with van der Waals surface area (Å²) in [5, 5.41) is 6.91. The summed E-state index contributed by atoms with van der Waals surface area (Å²) in [6.45, 7) is 4.31. The first kappa shape index (κ1) is 21.3. The van der Waals surface area contributed by atoms with Gasteiger partial charge in [-0.05, 0) is 55.3 Å². The number of carbonyl (C=O) groups excluding carboxylic acids is 1. The lowest BCUT2D eigenvalue weighted by atomic mass is 10.1. The van der Waals surface area contributed by atoms with E-state index in [1.807, 2.05) is 61.5 Å². The van der Waals surface area contributed by atoms with Crippen LogP contribution in [0.15, 0.2) is 83.9 Å². The highest BCUT2D eigenvalue weighted by atomic mass is 16.1. The predicted molar refractivity (Wildman–Crippen MR) is 129 cm³/mol. The second-order valence-electron chi connectivity index (χ2n) is 7.87. The van der Waals surface area contributed by atoms with E-state index >= 15 is 0 Å². The molecule has 0 fully saturated rings. The highest BCUT2D eigenvalue weighted by Crippen LogP contribution is 2.20. The molecule has 0 aliphatic carbocycles. The Labute approximate surface area is 186 Å². The Hall–Kier alpha value is -3.93. The predicted octanol–water partition coefficient (Wildman–Crippen LogP) is 4.91. The van der Waals surface area contributed by atoms with Crippen LogP contribution in [0.5, 0.6) is 0 Å². The average molecular weight is 427 g/mol. The second-order valence-corrected chi connectivity index (χ2v) is 7.87. The molecule has 0 aliphatic heterocycles. The monoisotopic (exact) mass is 426 g/mol. The van der Waals surface area contributed by atoms with Crippen molar-refractivity contribution in [3.8, 4) is 0 Å². The van der Waals surface area contributed by atoms with Crippen molar-refractivity contribution in [2.45, 2.75) is 32.9 Å². The number of hydrogen-bond donors (Lipinski definition) is 2. The Morgan fingerprint density at radius 2 is 1.69 bits per heavy atom. The van der Waals surface area contributed by atoms with Gasteiger partial charge in [0.25, 0.3) is 5.56 Å². The molecule has 0 bridgehead atoms. The van der Waals surface area contributed by atoms with Gasteiger partial charge >= 0.3 is 0 Å². The smallest absolute Gasteiger partial charge is 0.261 e. The first-order valence-electron chi connectivity index (χ1n) is 10.7. The maximum absolute atomic E-state index is 12.7. The number of nitrogens with one attached hydrogen (secondary N) is 2. The molecule has 0 spiro atoms. The van der Waals surface area contributed by atoms with Crippen LogP contribution in [0.3, 0.4) is 0 Å². The van der Waals surface area contributed by atoms with Gasteiger partial charge in [0.2, 0.25) is 5.91 Å². The normalized spacial score (nSPS) is 11.8. The fourth-order valence-electron chi connectivity index (χ4n) is 3.67. The number of aryl methyl sites for hydroxylation is 2. The lowest BCUT2D eigenvalue weighted by Crippen LogP contribution is -2.23.